The number of esters is 2. The van der Waals surface area contributed by atoms with Gasteiger partial charge < -0.3 is 14.2 Å². The molecule has 5 nitrogen and oxygen atoms in total. The fourth-order valence-corrected chi connectivity index (χ4v) is 2.74. The van der Waals surface area contributed by atoms with Gasteiger partial charge in [-0.1, -0.05) is 24.8 Å². The molecule has 28 heavy (non-hydrogen) atoms. The van der Waals surface area contributed by atoms with Crippen molar-refractivity contribution >= 4 is 22.7 Å². The Morgan fingerprint density at radius 2 is 1.57 bits per heavy atom. The molecule has 3 aromatic rings. The highest BCUT2D eigenvalue weighted by Crippen LogP contribution is 2.26. The topological polar surface area (TPSA) is 61.8 Å². The van der Waals surface area contributed by atoms with Crippen molar-refractivity contribution in [3.8, 4) is 11.5 Å². The van der Waals surface area contributed by atoms with E-state index < -0.39 is 11.9 Å². The van der Waals surface area contributed by atoms with E-state index in [1.807, 2.05) is 24.3 Å². The summed E-state index contributed by atoms with van der Waals surface area (Å²) in [5.74, 6) is 0.218. The van der Waals surface area contributed by atoms with E-state index in [9.17, 15) is 9.59 Å². The number of methoxy groups -OCH3 is 1. The molecule has 0 aliphatic heterocycles. The Hall–Kier alpha value is -3.60. The van der Waals surface area contributed by atoms with Gasteiger partial charge in [0.2, 0.25) is 0 Å². The third-order valence-electron chi connectivity index (χ3n) is 4.30. The van der Waals surface area contributed by atoms with Crippen LogP contribution in [0.2, 0.25) is 0 Å². The second-order valence-corrected chi connectivity index (χ2v) is 6.17. The summed E-state index contributed by atoms with van der Waals surface area (Å²) in [4.78, 5) is 23.7. The minimum atomic E-state index is -0.464. The summed E-state index contributed by atoms with van der Waals surface area (Å²) in [6.07, 6.45) is 0.753. The van der Waals surface area contributed by atoms with Gasteiger partial charge in [-0.15, -0.1) is 0 Å². The van der Waals surface area contributed by atoms with Gasteiger partial charge in [0, 0.05) is 6.08 Å². The molecule has 0 aromatic heterocycles. The van der Waals surface area contributed by atoms with E-state index in [4.69, 9.17) is 14.2 Å². The van der Waals surface area contributed by atoms with Crippen LogP contribution in [-0.2, 0) is 9.53 Å². The summed E-state index contributed by atoms with van der Waals surface area (Å²) in [5, 5.41) is 1.86. The van der Waals surface area contributed by atoms with E-state index in [-0.39, 0.29) is 6.10 Å². The molecule has 0 radical (unpaired) electrons. The predicted molar refractivity (Wildman–Crippen MR) is 107 cm³/mol. The first kappa shape index (κ1) is 19.2. The Morgan fingerprint density at radius 3 is 2.25 bits per heavy atom. The molecular formula is C23H20O5. The molecule has 0 saturated heterocycles. The normalized spacial score (nSPS) is 11.5. The molecule has 0 heterocycles. The van der Waals surface area contributed by atoms with Crippen molar-refractivity contribution in [2.24, 2.45) is 0 Å². The fourth-order valence-electron chi connectivity index (χ4n) is 2.74. The highest BCUT2D eigenvalue weighted by Gasteiger charge is 2.12. The van der Waals surface area contributed by atoms with Gasteiger partial charge in [-0.25, -0.2) is 9.59 Å². The van der Waals surface area contributed by atoms with Gasteiger partial charge in [0.15, 0.2) is 0 Å². The molecule has 3 rings (SSSR count). The summed E-state index contributed by atoms with van der Waals surface area (Å²) in [5.41, 5.74) is 1.31. The van der Waals surface area contributed by atoms with Crippen molar-refractivity contribution in [3.63, 3.8) is 0 Å². The fraction of sp³-hybridized carbons (Fsp3) is 0.130. The number of hydrogen-bond acceptors (Lipinski definition) is 5. The van der Waals surface area contributed by atoms with Crippen molar-refractivity contribution in [1.29, 1.82) is 0 Å². The zero-order chi connectivity index (χ0) is 20.1. The van der Waals surface area contributed by atoms with Gasteiger partial charge in [0.1, 0.15) is 17.6 Å². The van der Waals surface area contributed by atoms with Gasteiger partial charge in [-0.05, 0) is 65.7 Å². The SMILES string of the molecule is C=CC(=O)OC(C)c1ccc2cc(OC(=O)c3ccc(OC)cc3)ccc2c1. The van der Waals surface area contributed by atoms with E-state index in [2.05, 4.69) is 6.58 Å². The van der Waals surface area contributed by atoms with Crippen LogP contribution in [-0.4, -0.2) is 19.0 Å². The average Bonchev–Trinajstić information content (AvgIpc) is 2.73. The lowest BCUT2D eigenvalue weighted by molar-refractivity contribution is -0.142. The predicted octanol–water partition coefficient (Wildman–Crippen LogP) is 4.86. The Morgan fingerprint density at radius 1 is 0.929 bits per heavy atom. The van der Waals surface area contributed by atoms with E-state index in [0.29, 0.717) is 17.1 Å². The smallest absolute Gasteiger partial charge is 0.343 e. The summed E-state index contributed by atoms with van der Waals surface area (Å²) in [7, 11) is 1.57. The Labute approximate surface area is 163 Å². The maximum atomic E-state index is 12.3. The lowest BCUT2D eigenvalue weighted by Crippen LogP contribution is -2.08. The third-order valence-corrected chi connectivity index (χ3v) is 4.30. The van der Waals surface area contributed by atoms with Crippen molar-refractivity contribution < 1.29 is 23.8 Å². The summed E-state index contributed by atoms with van der Waals surface area (Å²) in [6.45, 7) is 5.20. The standard InChI is InChI=1S/C23H20O5/c1-4-22(24)27-15(2)17-5-6-19-14-21(12-9-18(19)13-17)28-23(25)16-7-10-20(26-3)11-8-16/h4-15H,1H2,2-3H3. The van der Waals surface area contributed by atoms with E-state index in [1.54, 1.807) is 50.4 Å². The summed E-state index contributed by atoms with van der Waals surface area (Å²) < 4.78 is 15.8. The molecule has 0 aliphatic rings. The van der Waals surface area contributed by atoms with Crippen LogP contribution in [0.1, 0.15) is 28.9 Å². The molecule has 0 saturated carbocycles. The Bertz CT molecular complexity index is 1020. The number of fused-ring (bicyclic) bond motifs is 1. The molecule has 0 aliphatic carbocycles. The number of carbonyl (C=O) groups is 2. The molecule has 0 amide bonds. The third kappa shape index (κ3) is 4.38. The van der Waals surface area contributed by atoms with Gasteiger partial charge in [-0.2, -0.15) is 0 Å². The molecule has 0 spiro atoms. The number of benzene rings is 3. The molecule has 5 heteroatoms. The monoisotopic (exact) mass is 376 g/mol. The number of rotatable bonds is 6. The Kier molecular flexibility index (Phi) is 5.75. The van der Waals surface area contributed by atoms with Crippen molar-refractivity contribution in [1.82, 2.24) is 0 Å². The summed E-state index contributed by atoms with van der Waals surface area (Å²) in [6, 6.07) is 17.8. The molecule has 0 N–H and O–H groups in total. The number of carbonyl (C=O) groups excluding carboxylic acids is 2. The highest BCUT2D eigenvalue weighted by molar-refractivity contribution is 5.92. The first-order valence-corrected chi connectivity index (χ1v) is 8.73. The van der Waals surface area contributed by atoms with Crippen LogP contribution in [0.3, 0.4) is 0 Å². The van der Waals surface area contributed by atoms with Crippen LogP contribution >= 0.6 is 0 Å². The maximum Gasteiger partial charge on any atom is 0.343 e. The van der Waals surface area contributed by atoms with Crippen molar-refractivity contribution in [3.05, 3.63) is 84.4 Å². The van der Waals surface area contributed by atoms with Crippen LogP contribution in [0.25, 0.3) is 10.8 Å². The first-order valence-electron chi connectivity index (χ1n) is 8.73. The van der Waals surface area contributed by atoms with Crippen LogP contribution < -0.4 is 9.47 Å². The highest BCUT2D eigenvalue weighted by atomic mass is 16.5. The average molecular weight is 376 g/mol. The second-order valence-electron chi connectivity index (χ2n) is 6.17. The van der Waals surface area contributed by atoms with Crippen molar-refractivity contribution in [2.45, 2.75) is 13.0 Å². The van der Waals surface area contributed by atoms with E-state index in [1.165, 1.54) is 0 Å². The molecule has 142 valence electrons. The number of hydrogen-bond donors (Lipinski definition) is 0. The Balaban J connectivity index is 1.76. The minimum Gasteiger partial charge on any atom is -0.497 e. The minimum absolute atomic E-state index is 0.387. The zero-order valence-corrected chi connectivity index (χ0v) is 15.7. The van der Waals surface area contributed by atoms with E-state index in [0.717, 1.165) is 22.4 Å². The first-order chi connectivity index (χ1) is 13.5. The van der Waals surface area contributed by atoms with Gasteiger partial charge in [0.25, 0.3) is 0 Å². The van der Waals surface area contributed by atoms with Crippen LogP contribution in [0.5, 0.6) is 11.5 Å². The van der Waals surface area contributed by atoms with Gasteiger partial charge in [0.05, 0.1) is 12.7 Å². The lowest BCUT2D eigenvalue weighted by atomic mass is 10.0. The molecule has 0 fully saturated rings. The molecular weight excluding hydrogens is 356 g/mol. The van der Waals surface area contributed by atoms with Crippen LogP contribution in [0.4, 0.5) is 0 Å². The van der Waals surface area contributed by atoms with Crippen LogP contribution in [0, 0.1) is 0 Å². The molecule has 1 unspecified atom stereocenters. The van der Waals surface area contributed by atoms with E-state index >= 15 is 0 Å². The molecule has 0 bridgehead atoms. The van der Waals surface area contributed by atoms with Crippen LogP contribution in [0.15, 0.2) is 73.3 Å². The molecule has 1 atom stereocenters. The maximum absolute atomic E-state index is 12.3. The lowest BCUT2D eigenvalue weighted by Gasteiger charge is -2.13. The summed E-state index contributed by atoms with van der Waals surface area (Å²) >= 11 is 0. The largest absolute Gasteiger partial charge is 0.497 e. The van der Waals surface area contributed by atoms with Crippen molar-refractivity contribution in [2.75, 3.05) is 7.11 Å². The zero-order valence-electron chi connectivity index (χ0n) is 15.7. The van der Waals surface area contributed by atoms with Gasteiger partial charge in [-0.3, -0.25) is 0 Å². The van der Waals surface area contributed by atoms with Gasteiger partial charge >= 0.3 is 11.9 Å². The number of ether oxygens (including phenoxy) is 3. The molecule has 3 aromatic carbocycles. The second kappa shape index (κ2) is 8.39. The quantitative estimate of drug-likeness (QED) is 0.349.